The molecular formula is C37H34N6O2. The number of carbonyl (C=O) groups is 1. The van der Waals surface area contributed by atoms with E-state index in [2.05, 4.69) is 64.7 Å². The predicted molar refractivity (Wildman–Crippen MR) is 177 cm³/mol. The summed E-state index contributed by atoms with van der Waals surface area (Å²) in [7, 11) is 0. The molecule has 1 saturated heterocycles. The Hall–Kier alpha value is -5.34. The third kappa shape index (κ3) is 5.34. The number of pyridine rings is 2. The molecule has 8 heteroatoms. The Labute approximate surface area is 261 Å². The molecular weight excluding hydrogens is 560 g/mol. The van der Waals surface area contributed by atoms with Crippen LogP contribution in [0.1, 0.15) is 47.3 Å². The van der Waals surface area contributed by atoms with Crippen molar-refractivity contribution in [2.75, 3.05) is 18.8 Å². The number of nitrogens with zero attached hydrogens (tertiary/aromatic N) is 5. The molecule has 0 bridgehead atoms. The van der Waals surface area contributed by atoms with Crippen LogP contribution < -0.4 is 5.73 Å². The SMILES string of the molecule is CC(C)[C@H](c1ccc(C(=O)O)cc1)N1CC(c2ccc(-n3c(-c4cccnc4N)nc4ccc(-c5ccccc5)nc43)cc2)C1. The van der Waals surface area contributed by atoms with Crippen LogP contribution in [0.4, 0.5) is 5.82 Å². The highest BCUT2D eigenvalue weighted by Gasteiger charge is 2.35. The molecule has 8 nitrogen and oxygen atoms in total. The highest BCUT2D eigenvalue weighted by Crippen LogP contribution is 2.39. The average molecular weight is 595 g/mol. The summed E-state index contributed by atoms with van der Waals surface area (Å²) in [6.07, 6.45) is 1.68. The van der Waals surface area contributed by atoms with Gasteiger partial charge in [0.25, 0.3) is 0 Å². The molecule has 3 N–H and O–H groups in total. The Balaban J connectivity index is 1.19. The quantitative estimate of drug-likeness (QED) is 0.191. The zero-order valence-electron chi connectivity index (χ0n) is 25.2. The first kappa shape index (κ1) is 28.4. The summed E-state index contributed by atoms with van der Waals surface area (Å²) in [5.41, 5.74) is 14.2. The molecule has 6 aromatic rings. The Morgan fingerprint density at radius 3 is 2.27 bits per heavy atom. The first-order valence-corrected chi connectivity index (χ1v) is 15.2. The first-order chi connectivity index (χ1) is 21.9. The van der Waals surface area contributed by atoms with Crippen molar-refractivity contribution in [3.05, 3.63) is 126 Å². The number of anilines is 1. The van der Waals surface area contributed by atoms with E-state index >= 15 is 0 Å². The lowest BCUT2D eigenvalue weighted by Gasteiger charge is -2.46. The van der Waals surface area contributed by atoms with Crippen molar-refractivity contribution in [2.45, 2.75) is 25.8 Å². The topological polar surface area (TPSA) is 110 Å². The van der Waals surface area contributed by atoms with Crippen molar-refractivity contribution in [2.24, 2.45) is 5.92 Å². The largest absolute Gasteiger partial charge is 0.478 e. The van der Waals surface area contributed by atoms with E-state index in [1.807, 2.05) is 54.6 Å². The van der Waals surface area contributed by atoms with Gasteiger partial charge in [-0.05, 0) is 65.6 Å². The second-order valence-electron chi connectivity index (χ2n) is 12.0. The van der Waals surface area contributed by atoms with Gasteiger partial charge in [0.2, 0.25) is 0 Å². The van der Waals surface area contributed by atoms with Crippen LogP contribution in [0, 0.1) is 5.92 Å². The number of fused-ring (bicyclic) bond motifs is 1. The molecule has 1 aliphatic rings. The van der Waals surface area contributed by atoms with Gasteiger partial charge in [-0.15, -0.1) is 0 Å². The molecule has 3 aromatic heterocycles. The number of benzene rings is 3. The molecule has 1 aliphatic heterocycles. The average Bonchev–Trinajstić information content (AvgIpc) is 3.42. The second-order valence-corrected chi connectivity index (χ2v) is 12.0. The van der Waals surface area contributed by atoms with E-state index in [0.29, 0.717) is 29.0 Å². The smallest absolute Gasteiger partial charge is 0.335 e. The monoisotopic (exact) mass is 594 g/mol. The van der Waals surface area contributed by atoms with E-state index in [0.717, 1.165) is 52.3 Å². The molecule has 45 heavy (non-hydrogen) atoms. The standard InChI is InChI=1S/C37H34N6O2/c1-23(2)33(26-10-12-27(13-11-26)37(44)45)42-21-28(22-42)24-14-16-29(17-15-24)43-35(30-9-6-20-39-34(30)38)41-32-19-18-31(40-36(32)43)25-7-4-3-5-8-25/h3-20,23,28,33H,21-22H2,1-2H3,(H2,38,39)(H,44,45)/t33-/m1/s1. The number of rotatable bonds is 8. The molecule has 0 unspecified atom stereocenters. The molecule has 7 rings (SSSR count). The lowest BCUT2D eigenvalue weighted by molar-refractivity contribution is 0.0645. The zero-order valence-corrected chi connectivity index (χ0v) is 25.2. The highest BCUT2D eigenvalue weighted by atomic mass is 16.4. The van der Waals surface area contributed by atoms with Crippen LogP contribution in [0.15, 0.2) is 109 Å². The zero-order chi connectivity index (χ0) is 31.1. The molecule has 3 aromatic carbocycles. The number of imidazole rings is 1. The number of nitrogen functional groups attached to an aromatic ring is 1. The van der Waals surface area contributed by atoms with Crippen LogP contribution in [0.5, 0.6) is 0 Å². The summed E-state index contributed by atoms with van der Waals surface area (Å²) >= 11 is 0. The van der Waals surface area contributed by atoms with Crippen LogP contribution in [0.2, 0.25) is 0 Å². The van der Waals surface area contributed by atoms with Crippen molar-refractivity contribution in [3.63, 3.8) is 0 Å². The van der Waals surface area contributed by atoms with Gasteiger partial charge in [-0.2, -0.15) is 0 Å². The maximum atomic E-state index is 11.3. The number of aromatic nitrogens is 4. The number of likely N-dealkylation sites (tertiary alicyclic amines) is 1. The van der Waals surface area contributed by atoms with Gasteiger partial charge in [0.1, 0.15) is 11.3 Å². The van der Waals surface area contributed by atoms with Gasteiger partial charge < -0.3 is 10.8 Å². The van der Waals surface area contributed by atoms with E-state index < -0.39 is 5.97 Å². The molecule has 0 saturated carbocycles. The van der Waals surface area contributed by atoms with Gasteiger partial charge in [-0.3, -0.25) is 9.47 Å². The summed E-state index contributed by atoms with van der Waals surface area (Å²) in [6, 6.07) is 34.2. The third-order valence-corrected chi connectivity index (χ3v) is 8.71. The minimum Gasteiger partial charge on any atom is -0.478 e. The highest BCUT2D eigenvalue weighted by molar-refractivity contribution is 5.87. The Morgan fingerprint density at radius 1 is 0.867 bits per heavy atom. The molecule has 0 spiro atoms. The summed E-state index contributed by atoms with van der Waals surface area (Å²) in [5, 5.41) is 9.30. The van der Waals surface area contributed by atoms with Crippen molar-refractivity contribution in [3.8, 4) is 28.3 Å². The fourth-order valence-corrected chi connectivity index (χ4v) is 6.45. The molecule has 0 aliphatic carbocycles. The van der Waals surface area contributed by atoms with Crippen LogP contribution in [0.3, 0.4) is 0 Å². The van der Waals surface area contributed by atoms with E-state index in [4.69, 9.17) is 15.7 Å². The lowest BCUT2D eigenvalue weighted by atomic mass is 9.85. The van der Waals surface area contributed by atoms with E-state index in [-0.39, 0.29) is 6.04 Å². The summed E-state index contributed by atoms with van der Waals surface area (Å²) in [5.74, 6) is 1.02. The minimum absolute atomic E-state index is 0.234. The Kier molecular flexibility index (Phi) is 7.35. The summed E-state index contributed by atoms with van der Waals surface area (Å²) < 4.78 is 2.07. The molecule has 4 heterocycles. The second kappa shape index (κ2) is 11.6. The van der Waals surface area contributed by atoms with E-state index in [1.54, 1.807) is 18.3 Å². The molecule has 1 fully saturated rings. The number of hydrogen-bond donors (Lipinski definition) is 2. The maximum Gasteiger partial charge on any atom is 0.335 e. The van der Waals surface area contributed by atoms with Gasteiger partial charge in [-0.1, -0.05) is 68.4 Å². The van der Waals surface area contributed by atoms with Crippen molar-refractivity contribution < 1.29 is 9.90 Å². The van der Waals surface area contributed by atoms with Crippen LogP contribution >= 0.6 is 0 Å². The number of hydrogen-bond acceptors (Lipinski definition) is 6. The normalized spacial score (nSPS) is 14.5. The molecule has 224 valence electrons. The molecule has 0 radical (unpaired) electrons. The van der Waals surface area contributed by atoms with Crippen LogP contribution in [0.25, 0.3) is 39.5 Å². The van der Waals surface area contributed by atoms with E-state index in [9.17, 15) is 9.90 Å². The van der Waals surface area contributed by atoms with Gasteiger partial charge >= 0.3 is 5.97 Å². The van der Waals surface area contributed by atoms with Gasteiger partial charge in [0.15, 0.2) is 11.5 Å². The van der Waals surface area contributed by atoms with Crippen LogP contribution in [-0.2, 0) is 0 Å². The maximum absolute atomic E-state index is 11.3. The van der Waals surface area contributed by atoms with Gasteiger partial charge in [0, 0.05) is 42.5 Å². The summed E-state index contributed by atoms with van der Waals surface area (Å²) in [6.45, 7) is 6.32. The van der Waals surface area contributed by atoms with Gasteiger partial charge in [-0.25, -0.2) is 19.7 Å². The van der Waals surface area contributed by atoms with E-state index in [1.165, 1.54) is 5.56 Å². The fourth-order valence-electron chi connectivity index (χ4n) is 6.45. The van der Waals surface area contributed by atoms with Gasteiger partial charge in [0.05, 0.1) is 16.8 Å². The number of carboxylic acid groups (broad SMARTS) is 1. The molecule has 0 amide bonds. The lowest BCUT2D eigenvalue weighted by Crippen LogP contribution is -2.48. The fraction of sp³-hybridized carbons (Fsp3) is 0.189. The Morgan fingerprint density at radius 2 is 1.60 bits per heavy atom. The first-order valence-electron chi connectivity index (χ1n) is 15.2. The summed E-state index contributed by atoms with van der Waals surface area (Å²) in [4.78, 5) is 28.2. The molecule has 1 atom stereocenters. The minimum atomic E-state index is -0.901. The van der Waals surface area contributed by atoms with Crippen molar-refractivity contribution in [1.29, 1.82) is 0 Å². The third-order valence-electron chi connectivity index (χ3n) is 8.71. The predicted octanol–water partition coefficient (Wildman–Crippen LogP) is 7.23. The number of nitrogens with two attached hydrogens (primary N) is 1. The van der Waals surface area contributed by atoms with Crippen LogP contribution in [-0.4, -0.2) is 48.6 Å². The Bertz CT molecular complexity index is 1980. The number of aromatic carboxylic acids is 1. The van der Waals surface area contributed by atoms with Crippen molar-refractivity contribution in [1.82, 2.24) is 24.4 Å². The van der Waals surface area contributed by atoms with Crippen molar-refractivity contribution >= 4 is 23.0 Å². The number of carboxylic acids is 1.